The Bertz CT molecular complexity index is 378. The third-order valence-electron chi connectivity index (χ3n) is 3.81. The summed E-state index contributed by atoms with van der Waals surface area (Å²) in [6, 6.07) is -0.302. The SMILES string of the molecule is CCOC(=O)C[C@@H](CO)[C@H]([C@@H](C)CC)N(C)C(=O)OC(C)(C)C. The van der Waals surface area contributed by atoms with E-state index in [2.05, 4.69) is 0 Å². The molecule has 0 aromatic heterocycles. The summed E-state index contributed by atoms with van der Waals surface area (Å²) in [6.07, 6.45) is 0.439. The number of ether oxygens (including phenoxy) is 2. The smallest absolute Gasteiger partial charge is 0.410 e. The van der Waals surface area contributed by atoms with Gasteiger partial charge < -0.3 is 19.5 Å². The molecule has 136 valence electrons. The first-order valence-electron chi connectivity index (χ1n) is 8.29. The van der Waals surface area contributed by atoms with Crippen molar-refractivity contribution in [1.82, 2.24) is 4.90 Å². The van der Waals surface area contributed by atoms with Gasteiger partial charge in [0.05, 0.1) is 13.0 Å². The van der Waals surface area contributed by atoms with E-state index in [1.54, 1.807) is 34.7 Å². The van der Waals surface area contributed by atoms with E-state index in [0.29, 0.717) is 6.61 Å². The normalized spacial score (nSPS) is 15.5. The second-order valence-corrected chi connectivity index (χ2v) is 6.92. The predicted molar refractivity (Wildman–Crippen MR) is 89.1 cm³/mol. The van der Waals surface area contributed by atoms with E-state index < -0.39 is 11.7 Å². The highest BCUT2D eigenvalue weighted by Crippen LogP contribution is 2.26. The number of hydrogen-bond donors (Lipinski definition) is 1. The molecule has 0 saturated heterocycles. The Morgan fingerprint density at radius 1 is 1.22 bits per heavy atom. The Labute approximate surface area is 140 Å². The van der Waals surface area contributed by atoms with Crippen LogP contribution in [-0.2, 0) is 14.3 Å². The van der Waals surface area contributed by atoms with Crippen molar-refractivity contribution in [2.75, 3.05) is 20.3 Å². The van der Waals surface area contributed by atoms with Gasteiger partial charge in [0.25, 0.3) is 0 Å². The Morgan fingerprint density at radius 2 is 1.78 bits per heavy atom. The number of hydrogen-bond acceptors (Lipinski definition) is 5. The molecule has 6 nitrogen and oxygen atoms in total. The molecule has 0 radical (unpaired) electrons. The van der Waals surface area contributed by atoms with Crippen LogP contribution in [0.15, 0.2) is 0 Å². The van der Waals surface area contributed by atoms with E-state index in [1.807, 2.05) is 13.8 Å². The molecule has 0 unspecified atom stereocenters. The van der Waals surface area contributed by atoms with Gasteiger partial charge >= 0.3 is 12.1 Å². The summed E-state index contributed by atoms with van der Waals surface area (Å²) < 4.78 is 10.4. The minimum absolute atomic E-state index is 0.0759. The van der Waals surface area contributed by atoms with Gasteiger partial charge in [0.1, 0.15) is 5.60 Å². The summed E-state index contributed by atoms with van der Waals surface area (Å²) in [7, 11) is 1.65. The number of carbonyl (C=O) groups is 2. The summed E-state index contributed by atoms with van der Waals surface area (Å²) in [6.45, 7) is 11.3. The van der Waals surface area contributed by atoms with Crippen LogP contribution in [-0.4, -0.2) is 54.0 Å². The molecule has 23 heavy (non-hydrogen) atoms. The lowest BCUT2D eigenvalue weighted by molar-refractivity contribution is -0.145. The van der Waals surface area contributed by atoms with E-state index in [9.17, 15) is 14.7 Å². The molecule has 0 rings (SSSR count). The van der Waals surface area contributed by atoms with E-state index in [4.69, 9.17) is 9.47 Å². The maximum atomic E-state index is 12.4. The molecule has 0 heterocycles. The van der Waals surface area contributed by atoms with Crippen LogP contribution in [0.1, 0.15) is 54.4 Å². The second kappa shape index (κ2) is 9.75. The number of amides is 1. The van der Waals surface area contributed by atoms with Gasteiger partial charge in [0.15, 0.2) is 0 Å². The first-order chi connectivity index (χ1) is 10.6. The molecular weight excluding hydrogens is 298 g/mol. The fourth-order valence-electron chi connectivity index (χ4n) is 2.59. The van der Waals surface area contributed by atoms with Crippen LogP contribution in [0, 0.1) is 11.8 Å². The van der Waals surface area contributed by atoms with Crippen LogP contribution < -0.4 is 0 Å². The Balaban J connectivity index is 5.23. The monoisotopic (exact) mass is 331 g/mol. The van der Waals surface area contributed by atoms with Crippen molar-refractivity contribution in [2.24, 2.45) is 11.8 Å². The van der Waals surface area contributed by atoms with Gasteiger partial charge in [-0.1, -0.05) is 20.3 Å². The standard InChI is InChI=1S/C17H33NO5/c1-8-12(3)15(13(11-19)10-14(20)22-9-2)18(7)16(21)23-17(4,5)6/h12-13,15,19H,8-11H2,1-7H3/t12-,13-,15-/m0/s1. The molecule has 1 N–H and O–H groups in total. The molecule has 0 aromatic carbocycles. The Hall–Kier alpha value is -1.30. The molecule has 0 aromatic rings. The Morgan fingerprint density at radius 3 is 2.17 bits per heavy atom. The maximum absolute atomic E-state index is 12.4. The van der Waals surface area contributed by atoms with Crippen molar-refractivity contribution in [3.05, 3.63) is 0 Å². The third kappa shape index (κ3) is 7.68. The first-order valence-corrected chi connectivity index (χ1v) is 8.29. The van der Waals surface area contributed by atoms with Crippen LogP contribution in [0.5, 0.6) is 0 Å². The van der Waals surface area contributed by atoms with Gasteiger partial charge in [0, 0.05) is 25.6 Å². The minimum Gasteiger partial charge on any atom is -0.466 e. The van der Waals surface area contributed by atoms with Crippen LogP contribution in [0.2, 0.25) is 0 Å². The van der Waals surface area contributed by atoms with Crippen LogP contribution >= 0.6 is 0 Å². The summed E-state index contributed by atoms with van der Waals surface area (Å²) in [5.41, 5.74) is -0.596. The largest absolute Gasteiger partial charge is 0.466 e. The van der Waals surface area contributed by atoms with Crippen LogP contribution in [0.4, 0.5) is 4.79 Å². The van der Waals surface area contributed by atoms with Crippen molar-refractivity contribution >= 4 is 12.1 Å². The average molecular weight is 331 g/mol. The molecule has 3 atom stereocenters. The fourth-order valence-corrected chi connectivity index (χ4v) is 2.59. The topological polar surface area (TPSA) is 76.1 Å². The maximum Gasteiger partial charge on any atom is 0.410 e. The number of aliphatic hydroxyl groups excluding tert-OH is 1. The molecule has 0 aliphatic carbocycles. The molecule has 0 aliphatic rings. The molecule has 0 aliphatic heterocycles. The highest BCUT2D eigenvalue weighted by atomic mass is 16.6. The second-order valence-electron chi connectivity index (χ2n) is 6.92. The van der Waals surface area contributed by atoms with Gasteiger partial charge in [0.2, 0.25) is 0 Å². The van der Waals surface area contributed by atoms with Crippen molar-refractivity contribution in [2.45, 2.75) is 66.0 Å². The number of nitrogens with zero attached hydrogens (tertiary/aromatic N) is 1. The lowest BCUT2D eigenvalue weighted by Crippen LogP contribution is -2.49. The number of aliphatic hydroxyl groups is 1. The molecule has 0 saturated carbocycles. The van der Waals surface area contributed by atoms with Gasteiger partial charge in [-0.25, -0.2) is 4.79 Å². The molecule has 6 heteroatoms. The number of carbonyl (C=O) groups excluding carboxylic acids is 2. The fraction of sp³-hybridized carbons (Fsp3) is 0.882. The van der Waals surface area contributed by atoms with Gasteiger partial charge in [-0.2, -0.15) is 0 Å². The lowest BCUT2D eigenvalue weighted by atomic mass is 9.85. The molecule has 0 spiro atoms. The summed E-state index contributed by atoms with van der Waals surface area (Å²) in [5.74, 6) is -0.641. The van der Waals surface area contributed by atoms with E-state index >= 15 is 0 Å². The number of esters is 1. The summed E-state index contributed by atoms with van der Waals surface area (Å²) >= 11 is 0. The van der Waals surface area contributed by atoms with Gasteiger partial charge in [-0.3, -0.25) is 4.79 Å². The van der Waals surface area contributed by atoms with Crippen molar-refractivity contribution in [3.8, 4) is 0 Å². The third-order valence-corrected chi connectivity index (χ3v) is 3.81. The molecule has 1 amide bonds. The van der Waals surface area contributed by atoms with E-state index in [1.165, 1.54) is 4.90 Å². The first kappa shape index (κ1) is 21.7. The van der Waals surface area contributed by atoms with Crippen molar-refractivity contribution < 1.29 is 24.2 Å². The molecular formula is C17H33NO5. The highest BCUT2D eigenvalue weighted by Gasteiger charge is 2.35. The average Bonchev–Trinajstić information content (AvgIpc) is 2.44. The molecule has 0 fully saturated rings. The zero-order chi connectivity index (χ0) is 18.2. The zero-order valence-electron chi connectivity index (χ0n) is 15.6. The molecule has 0 bridgehead atoms. The highest BCUT2D eigenvalue weighted by molar-refractivity contribution is 5.71. The van der Waals surface area contributed by atoms with Gasteiger partial charge in [-0.05, 0) is 33.6 Å². The predicted octanol–water partition coefficient (Wildman–Crippen LogP) is 2.83. The minimum atomic E-state index is -0.596. The zero-order valence-corrected chi connectivity index (χ0v) is 15.6. The van der Waals surface area contributed by atoms with Crippen LogP contribution in [0.3, 0.4) is 0 Å². The summed E-state index contributed by atoms with van der Waals surface area (Å²) in [4.78, 5) is 25.6. The van der Waals surface area contributed by atoms with Crippen LogP contribution in [0.25, 0.3) is 0 Å². The summed E-state index contributed by atoms with van der Waals surface area (Å²) in [5, 5.41) is 9.73. The Kier molecular flexibility index (Phi) is 9.20. The van der Waals surface area contributed by atoms with E-state index in [0.717, 1.165) is 6.42 Å². The quantitative estimate of drug-likeness (QED) is 0.692. The van der Waals surface area contributed by atoms with Gasteiger partial charge in [-0.15, -0.1) is 0 Å². The lowest BCUT2D eigenvalue weighted by Gasteiger charge is -2.38. The van der Waals surface area contributed by atoms with E-state index in [-0.39, 0.29) is 36.9 Å². The van der Waals surface area contributed by atoms with Crippen molar-refractivity contribution in [1.29, 1.82) is 0 Å². The number of rotatable bonds is 8. The van der Waals surface area contributed by atoms with Crippen molar-refractivity contribution in [3.63, 3.8) is 0 Å².